The highest BCUT2D eigenvalue weighted by atomic mass is 32.2. The summed E-state index contributed by atoms with van der Waals surface area (Å²) in [6.07, 6.45) is 1.97. The Labute approximate surface area is 94.0 Å². The van der Waals surface area contributed by atoms with E-state index in [1.807, 2.05) is 13.2 Å². The molecule has 0 fully saturated rings. The summed E-state index contributed by atoms with van der Waals surface area (Å²) < 4.78 is 0. The Kier molecular flexibility index (Phi) is 7.89. The number of carboxylic acid groups (broad SMARTS) is 1. The van der Waals surface area contributed by atoms with Crippen molar-refractivity contribution in [2.45, 2.75) is 13.3 Å². The smallest absolute Gasteiger partial charge is 0.314 e. The number of hydrogen-bond donors (Lipinski definition) is 3. The largest absolute Gasteiger partial charge is 0.481 e. The van der Waals surface area contributed by atoms with E-state index < -0.39 is 5.97 Å². The second kappa shape index (κ2) is 8.40. The van der Waals surface area contributed by atoms with Gasteiger partial charge in [-0.05, 0) is 17.9 Å². The van der Waals surface area contributed by atoms with Gasteiger partial charge in [-0.3, -0.25) is 4.79 Å². The van der Waals surface area contributed by atoms with E-state index in [9.17, 15) is 9.59 Å². The molecule has 0 aliphatic rings. The molecule has 0 radical (unpaired) electrons. The highest BCUT2D eigenvalue weighted by Crippen LogP contribution is 2.02. The molecule has 0 aromatic rings. The standard InChI is InChI=1S/C9H18N2O3S/c1-7(6-15-2)5-11-9(14)10-4-3-8(12)13/h7H,3-6H2,1-2H3,(H,12,13)(H2,10,11,14). The Morgan fingerprint density at radius 3 is 2.60 bits per heavy atom. The summed E-state index contributed by atoms with van der Waals surface area (Å²) in [7, 11) is 0. The van der Waals surface area contributed by atoms with Gasteiger partial charge in [-0.2, -0.15) is 11.8 Å². The van der Waals surface area contributed by atoms with Crippen molar-refractivity contribution in [2.24, 2.45) is 5.92 Å². The number of thioether (sulfide) groups is 1. The third-order valence-electron chi connectivity index (χ3n) is 1.69. The first-order valence-electron chi connectivity index (χ1n) is 4.78. The normalized spacial score (nSPS) is 11.9. The molecular formula is C9H18N2O3S. The van der Waals surface area contributed by atoms with E-state index >= 15 is 0 Å². The van der Waals surface area contributed by atoms with Crippen molar-refractivity contribution in [3.63, 3.8) is 0 Å². The van der Waals surface area contributed by atoms with Gasteiger partial charge < -0.3 is 15.7 Å². The van der Waals surface area contributed by atoms with Crippen LogP contribution >= 0.6 is 11.8 Å². The molecule has 2 amide bonds. The van der Waals surface area contributed by atoms with Gasteiger partial charge in [0, 0.05) is 13.1 Å². The van der Waals surface area contributed by atoms with Gasteiger partial charge in [-0.25, -0.2) is 4.79 Å². The van der Waals surface area contributed by atoms with Crippen LogP contribution in [0.4, 0.5) is 4.79 Å². The van der Waals surface area contributed by atoms with Crippen molar-refractivity contribution in [3.8, 4) is 0 Å². The number of hydrogen-bond acceptors (Lipinski definition) is 3. The summed E-state index contributed by atoms with van der Waals surface area (Å²) in [5.74, 6) is 0.506. The van der Waals surface area contributed by atoms with E-state index in [1.54, 1.807) is 11.8 Å². The fourth-order valence-electron chi connectivity index (χ4n) is 0.956. The number of amides is 2. The lowest BCUT2D eigenvalue weighted by atomic mass is 10.2. The third kappa shape index (κ3) is 9.40. The zero-order chi connectivity index (χ0) is 11.7. The average molecular weight is 234 g/mol. The van der Waals surface area contributed by atoms with Gasteiger partial charge in [0.15, 0.2) is 0 Å². The third-order valence-corrected chi connectivity index (χ3v) is 2.59. The van der Waals surface area contributed by atoms with Crippen LogP contribution in [0.25, 0.3) is 0 Å². The quantitative estimate of drug-likeness (QED) is 0.607. The summed E-state index contributed by atoms with van der Waals surface area (Å²) in [5, 5.41) is 13.5. The zero-order valence-corrected chi connectivity index (χ0v) is 9.89. The topological polar surface area (TPSA) is 78.4 Å². The van der Waals surface area contributed by atoms with Gasteiger partial charge in [0.2, 0.25) is 0 Å². The number of aliphatic carboxylic acids is 1. The molecule has 88 valence electrons. The number of carbonyl (C=O) groups is 2. The van der Waals surface area contributed by atoms with Gasteiger partial charge in [0.1, 0.15) is 0 Å². The number of carbonyl (C=O) groups excluding carboxylic acids is 1. The summed E-state index contributed by atoms with van der Waals surface area (Å²) >= 11 is 1.73. The molecule has 0 spiro atoms. The zero-order valence-electron chi connectivity index (χ0n) is 9.08. The molecule has 3 N–H and O–H groups in total. The maximum absolute atomic E-state index is 11.1. The maximum atomic E-state index is 11.1. The van der Waals surface area contributed by atoms with Crippen molar-refractivity contribution in [3.05, 3.63) is 0 Å². The van der Waals surface area contributed by atoms with Crippen LogP contribution in [0.3, 0.4) is 0 Å². The highest BCUT2D eigenvalue weighted by molar-refractivity contribution is 7.98. The number of rotatable bonds is 7. The van der Waals surface area contributed by atoms with E-state index in [0.717, 1.165) is 5.75 Å². The lowest BCUT2D eigenvalue weighted by molar-refractivity contribution is -0.136. The summed E-state index contributed by atoms with van der Waals surface area (Å²) in [4.78, 5) is 21.3. The van der Waals surface area contributed by atoms with Gasteiger partial charge in [0.05, 0.1) is 6.42 Å². The first-order valence-corrected chi connectivity index (χ1v) is 6.18. The summed E-state index contributed by atoms with van der Waals surface area (Å²) in [5.41, 5.74) is 0. The molecule has 0 rings (SSSR count). The second-order valence-corrected chi connectivity index (χ2v) is 4.25. The first-order chi connectivity index (χ1) is 7.06. The fourth-order valence-corrected chi connectivity index (χ4v) is 1.64. The average Bonchev–Trinajstić information content (AvgIpc) is 2.14. The molecule has 0 aromatic heterocycles. The Balaban J connectivity index is 3.44. The van der Waals surface area contributed by atoms with Crippen molar-refractivity contribution >= 4 is 23.8 Å². The molecule has 1 atom stereocenters. The van der Waals surface area contributed by atoms with E-state index in [2.05, 4.69) is 10.6 Å². The van der Waals surface area contributed by atoms with Crippen LogP contribution in [0.5, 0.6) is 0 Å². The van der Waals surface area contributed by atoms with Crippen LogP contribution in [0.15, 0.2) is 0 Å². The summed E-state index contributed by atoms with van der Waals surface area (Å²) in [6, 6.07) is -0.302. The van der Waals surface area contributed by atoms with Crippen LogP contribution in [-0.4, -0.2) is 42.2 Å². The molecular weight excluding hydrogens is 216 g/mol. The molecule has 0 aliphatic carbocycles. The van der Waals surface area contributed by atoms with Crippen LogP contribution in [0.2, 0.25) is 0 Å². The van der Waals surface area contributed by atoms with Gasteiger partial charge >= 0.3 is 12.0 Å². The molecule has 0 aliphatic heterocycles. The molecule has 1 unspecified atom stereocenters. The van der Waals surface area contributed by atoms with Crippen LogP contribution in [-0.2, 0) is 4.79 Å². The minimum atomic E-state index is -0.911. The Morgan fingerprint density at radius 1 is 1.40 bits per heavy atom. The van der Waals surface area contributed by atoms with Crippen LogP contribution in [0, 0.1) is 5.92 Å². The van der Waals surface area contributed by atoms with Crippen molar-refractivity contribution in [2.75, 3.05) is 25.1 Å². The molecule has 0 bridgehead atoms. The van der Waals surface area contributed by atoms with E-state index in [0.29, 0.717) is 12.5 Å². The van der Waals surface area contributed by atoms with Crippen molar-refractivity contribution in [1.29, 1.82) is 0 Å². The molecule has 15 heavy (non-hydrogen) atoms. The van der Waals surface area contributed by atoms with Gasteiger partial charge in [-0.1, -0.05) is 6.92 Å². The van der Waals surface area contributed by atoms with Crippen molar-refractivity contribution in [1.82, 2.24) is 10.6 Å². The van der Waals surface area contributed by atoms with Crippen molar-refractivity contribution < 1.29 is 14.7 Å². The van der Waals surface area contributed by atoms with E-state index in [1.165, 1.54) is 0 Å². The monoisotopic (exact) mass is 234 g/mol. The minimum Gasteiger partial charge on any atom is -0.481 e. The number of nitrogens with one attached hydrogen (secondary N) is 2. The minimum absolute atomic E-state index is 0.0478. The predicted molar refractivity (Wildman–Crippen MR) is 61.2 cm³/mol. The predicted octanol–water partition coefficient (Wildman–Crippen LogP) is 0.759. The Hall–Kier alpha value is -0.910. The molecule has 0 saturated heterocycles. The molecule has 0 heterocycles. The number of urea groups is 1. The van der Waals surface area contributed by atoms with Crippen LogP contribution < -0.4 is 10.6 Å². The lowest BCUT2D eigenvalue weighted by Crippen LogP contribution is -2.39. The second-order valence-electron chi connectivity index (χ2n) is 3.34. The van der Waals surface area contributed by atoms with Crippen LogP contribution in [0.1, 0.15) is 13.3 Å². The lowest BCUT2D eigenvalue weighted by Gasteiger charge is -2.11. The summed E-state index contributed by atoms with van der Waals surface area (Å²) in [6.45, 7) is 2.83. The first kappa shape index (κ1) is 14.1. The number of carboxylic acids is 1. The molecule has 0 aromatic carbocycles. The molecule has 5 nitrogen and oxygen atoms in total. The van der Waals surface area contributed by atoms with E-state index in [-0.39, 0.29) is 19.0 Å². The maximum Gasteiger partial charge on any atom is 0.314 e. The van der Waals surface area contributed by atoms with E-state index in [4.69, 9.17) is 5.11 Å². The van der Waals surface area contributed by atoms with Gasteiger partial charge in [-0.15, -0.1) is 0 Å². The Bertz CT molecular complexity index is 212. The SMILES string of the molecule is CSCC(C)CNC(=O)NCCC(=O)O. The molecule has 6 heteroatoms. The van der Waals surface area contributed by atoms with Gasteiger partial charge in [0.25, 0.3) is 0 Å². The molecule has 0 saturated carbocycles. The Morgan fingerprint density at radius 2 is 2.07 bits per heavy atom. The fraction of sp³-hybridized carbons (Fsp3) is 0.778. The highest BCUT2D eigenvalue weighted by Gasteiger charge is 2.04.